The van der Waals surface area contributed by atoms with Gasteiger partial charge in [-0.2, -0.15) is 0 Å². The van der Waals surface area contributed by atoms with Gasteiger partial charge < -0.3 is 20.7 Å². The minimum absolute atomic E-state index is 0.112. The Morgan fingerprint density at radius 2 is 2.32 bits per heavy atom. The molecule has 1 fully saturated rings. The first kappa shape index (κ1) is 13.2. The number of ether oxygens (including phenoxy) is 1. The summed E-state index contributed by atoms with van der Waals surface area (Å²) in [4.78, 5) is 24.7. The number of carbonyl (C=O) groups excluding carboxylic acids is 2. The number of anilines is 1. The molecule has 2 amide bonds. The van der Waals surface area contributed by atoms with Crippen molar-refractivity contribution in [2.75, 3.05) is 32.0 Å². The average molecular weight is 263 g/mol. The maximum absolute atomic E-state index is 11.8. The van der Waals surface area contributed by atoms with Crippen LogP contribution < -0.4 is 11.1 Å². The molecular formula is C13H17N3O3. The Bertz CT molecular complexity index is 502. The fraction of sp³-hybridized carbons (Fsp3) is 0.385. The van der Waals surface area contributed by atoms with Gasteiger partial charge in [-0.3, -0.25) is 0 Å². The minimum atomic E-state index is -0.400. The zero-order chi connectivity index (χ0) is 13.8. The number of carbonyl (C=O) groups is 2. The Morgan fingerprint density at radius 1 is 1.53 bits per heavy atom. The monoisotopic (exact) mass is 263 g/mol. The summed E-state index contributed by atoms with van der Waals surface area (Å²) in [6.07, 6.45) is 0. The molecule has 1 aliphatic heterocycles. The molecule has 0 unspecified atom stereocenters. The van der Waals surface area contributed by atoms with E-state index in [-0.39, 0.29) is 12.6 Å². The number of nitrogens with one attached hydrogen (secondary N) is 1. The van der Waals surface area contributed by atoms with Gasteiger partial charge in [0.2, 0.25) is 0 Å². The number of rotatable bonds is 4. The summed E-state index contributed by atoms with van der Waals surface area (Å²) in [5.41, 5.74) is 7.64. The zero-order valence-corrected chi connectivity index (χ0v) is 10.8. The van der Waals surface area contributed by atoms with Crippen molar-refractivity contribution in [1.82, 2.24) is 10.2 Å². The summed E-state index contributed by atoms with van der Waals surface area (Å²) in [5.74, 6) is -0.400. The van der Waals surface area contributed by atoms with Crippen molar-refractivity contribution in [2.24, 2.45) is 0 Å². The molecular weight excluding hydrogens is 246 g/mol. The summed E-state index contributed by atoms with van der Waals surface area (Å²) in [6, 6.07) is 4.90. The van der Waals surface area contributed by atoms with Gasteiger partial charge in [-0.25, -0.2) is 9.59 Å². The number of benzene rings is 1. The molecule has 3 N–H and O–H groups in total. The van der Waals surface area contributed by atoms with Crippen LogP contribution in [0.1, 0.15) is 15.9 Å². The highest BCUT2D eigenvalue weighted by Crippen LogP contribution is 2.13. The molecule has 1 aliphatic rings. The van der Waals surface area contributed by atoms with Crippen LogP contribution in [0, 0.1) is 6.92 Å². The molecule has 102 valence electrons. The van der Waals surface area contributed by atoms with Gasteiger partial charge >= 0.3 is 12.0 Å². The lowest BCUT2D eigenvalue weighted by Gasteiger charge is -2.14. The number of esters is 1. The summed E-state index contributed by atoms with van der Waals surface area (Å²) < 4.78 is 5.13. The average Bonchev–Trinajstić information content (AvgIpc) is 2.78. The highest BCUT2D eigenvalue weighted by atomic mass is 16.5. The first-order chi connectivity index (χ1) is 9.08. The number of hydrogen-bond acceptors (Lipinski definition) is 4. The Kier molecular flexibility index (Phi) is 3.89. The summed E-state index contributed by atoms with van der Waals surface area (Å²) in [5, 5.41) is 2.69. The number of aryl methyl sites for hydroxylation is 1. The van der Waals surface area contributed by atoms with Gasteiger partial charge in [-0.05, 0) is 30.7 Å². The standard InChI is InChI=1S/C13H17N3O3/c1-9-8-10(2-3-11(9)14)12(17)19-7-6-16-5-4-15-13(16)18/h2-3,8H,4-7,14H2,1H3,(H,15,18). The van der Waals surface area contributed by atoms with E-state index < -0.39 is 5.97 Å². The van der Waals surface area contributed by atoms with Crippen molar-refractivity contribution in [2.45, 2.75) is 6.92 Å². The van der Waals surface area contributed by atoms with Gasteiger partial charge in [0, 0.05) is 18.8 Å². The van der Waals surface area contributed by atoms with Crippen molar-refractivity contribution >= 4 is 17.7 Å². The van der Waals surface area contributed by atoms with Crippen LogP contribution in [0.4, 0.5) is 10.5 Å². The second-order valence-electron chi connectivity index (χ2n) is 4.43. The summed E-state index contributed by atoms with van der Waals surface area (Å²) in [6.45, 7) is 3.73. The van der Waals surface area contributed by atoms with Crippen LogP contribution in [0.25, 0.3) is 0 Å². The predicted molar refractivity (Wildman–Crippen MR) is 70.8 cm³/mol. The molecule has 0 bridgehead atoms. The third-order valence-electron chi connectivity index (χ3n) is 3.05. The van der Waals surface area contributed by atoms with E-state index in [0.29, 0.717) is 30.9 Å². The van der Waals surface area contributed by atoms with Gasteiger partial charge in [-0.1, -0.05) is 0 Å². The van der Waals surface area contributed by atoms with Crippen LogP contribution in [-0.4, -0.2) is 43.1 Å². The molecule has 0 aliphatic carbocycles. The minimum Gasteiger partial charge on any atom is -0.460 e. The van der Waals surface area contributed by atoms with Crippen LogP contribution in [0.2, 0.25) is 0 Å². The first-order valence-electron chi connectivity index (χ1n) is 6.14. The molecule has 1 aromatic carbocycles. The van der Waals surface area contributed by atoms with E-state index in [1.54, 1.807) is 23.1 Å². The molecule has 0 spiro atoms. The van der Waals surface area contributed by atoms with Crippen molar-refractivity contribution in [1.29, 1.82) is 0 Å². The molecule has 0 saturated carbocycles. The Labute approximate surface area is 111 Å². The smallest absolute Gasteiger partial charge is 0.338 e. The Hall–Kier alpha value is -2.24. The third kappa shape index (κ3) is 3.15. The first-order valence-corrected chi connectivity index (χ1v) is 6.14. The highest BCUT2D eigenvalue weighted by Gasteiger charge is 2.19. The normalized spacial score (nSPS) is 14.4. The maximum Gasteiger partial charge on any atom is 0.338 e. The SMILES string of the molecule is Cc1cc(C(=O)OCCN2CCNC2=O)ccc1N. The molecule has 0 aromatic heterocycles. The molecule has 2 rings (SSSR count). The van der Waals surface area contributed by atoms with Crippen LogP contribution in [0.3, 0.4) is 0 Å². The molecule has 1 saturated heterocycles. The van der Waals surface area contributed by atoms with Gasteiger partial charge in [0.05, 0.1) is 12.1 Å². The van der Waals surface area contributed by atoms with Crippen LogP contribution in [-0.2, 0) is 4.74 Å². The largest absolute Gasteiger partial charge is 0.460 e. The fourth-order valence-corrected chi connectivity index (χ4v) is 1.86. The lowest BCUT2D eigenvalue weighted by Crippen LogP contribution is -2.31. The second kappa shape index (κ2) is 5.60. The van der Waals surface area contributed by atoms with Crippen LogP contribution in [0.15, 0.2) is 18.2 Å². The van der Waals surface area contributed by atoms with Crippen molar-refractivity contribution in [3.63, 3.8) is 0 Å². The third-order valence-corrected chi connectivity index (χ3v) is 3.05. The molecule has 19 heavy (non-hydrogen) atoms. The van der Waals surface area contributed by atoms with E-state index in [2.05, 4.69) is 5.32 Å². The number of nitrogens with zero attached hydrogens (tertiary/aromatic N) is 1. The lowest BCUT2D eigenvalue weighted by molar-refractivity contribution is 0.0481. The summed E-state index contributed by atoms with van der Waals surface area (Å²) >= 11 is 0. The lowest BCUT2D eigenvalue weighted by atomic mass is 10.1. The Morgan fingerprint density at radius 3 is 2.95 bits per heavy atom. The number of amides is 2. The van der Waals surface area contributed by atoms with Crippen molar-refractivity contribution in [3.8, 4) is 0 Å². The van der Waals surface area contributed by atoms with E-state index in [0.717, 1.165) is 5.56 Å². The summed E-state index contributed by atoms with van der Waals surface area (Å²) in [7, 11) is 0. The predicted octanol–water partition coefficient (Wildman–Crippen LogP) is 0.759. The van der Waals surface area contributed by atoms with Crippen molar-refractivity contribution < 1.29 is 14.3 Å². The van der Waals surface area contributed by atoms with E-state index in [1.807, 2.05) is 6.92 Å². The van der Waals surface area contributed by atoms with E-state index in [9.17, 15) is 9.59 Å². The van der Waals surface area contributed by atoms with Crippen molar-refractivity contribution in [3.05, 3.63) is 29.3 Å². The number of nitrogens with two attached hydrogens (primary N) is 1. The maximum atomic E-state index is 11.8. The molecule has 6 heteroatoms. The molecule has 1 heterocycles. The van der Waals surface area contributed by atoms with Gasteiger partial charge in [0.15, 0.2) is 0 Å². The quantitative estimate of drug-likeness (QED) is 0.620. The number of hydrogen-bond donors (Lipinski definition) is 2. The zero-order valence-electron chi connectivity index (χ0n) is 10.8. The molecule has 0 atom stereocenters. The highest BCUT2D eigenvalue weighted by molar-refractivity contribution is 5.90. The molecule has 0 radical (unpaired) electrons. The molecule has 6 nitrogen and oxygen atoms in total. The van der Waals surface area contributed by atoms with E-state index in [1.165, 1.54) is 0 Å². The molecule has 1 aromatic rings. The van der Waals surface area contributed by atoms with Gasteiger partial charge in [0.25, 0.3) is 0 Å². The van der Waals surface area contributed by atoms with E-state index in [4.69, 9.17) is 10.5 Å². The fourth-order valence-electron chi connectivity index (χ4n) is 1.86. The van der Waals surface area contributed by atoms with Gasteiger partial charge in [0.1, 0.15) is 6.61 Å². The van der Waals surface area contributed by atoms with Gasteiger partial charge in [-0.15, -0.1) is 0 Å². The topological polar surface area (TPSA) is 84.7 Å². The van der Waals surface area contributed by atoms with E-state index >= 15 is 0 Å². The van der Waals surface area contributed by atoms with Crippen LogP contribution in [0.5, 0.6) is 0 Å². The Balaban J connectivity index is 1.84. The number of urea groups is 1. The second-order valence-corrected chi connectivity index (χ2v) is 4.43. The number of nitrogen functional groups attached to an aromatic ring is 1. The van der Waals surface area contributed by atoms with Crippen LogP contribution >= 0.6 is 0 Å².